The van der Waals surface area contributed by atoms with Gasteiger partial charge < -0.3 is 10.2 Å². The van der Waals surface area contributed by atoms with Gasteiger partial charge in [-0.05, 0) is 92.8 Å². The van der Waals surface area contributed by atoms with Crippen LogP contribution in [0.1, 0.15) is 48.8 Å². The first kappa shape index (κ1) is 25.6. The molecule has 35 heavy (non-hydrogen) atoms. The van der Waals surface area contributed by atoms with Crippen LogP contribution < -0.4 is 5.32 Å². The van der Waals surface area contributed by atoms with E-state index in [0.717, 1.165) is 70.1 Å². The zero-order valence-corrected chi connectivity index (χ0v) is 21.2. The van der Waals surface area contributed by atoms with Gasteiger partial charge >= 0.3 is 0 Å². The van der Waals surface area contributed by atoms with Crippen LogP contribution in [0.5, 0.6) is 0 Å². The standard InChI is InChI=1S/C28H35FN2O3S/c1-35(33,34)26-12-8-22-15-18-31(19-16-24(22)20-26)17-14-21-6-10-25(11-7-21)30-28(32)13-9-23-4-2-3-5-27(23)29/h2-5,8-9,12-13,20-21,25H,6-7,10-11,14-19H2,1H3,(H,30,32)/b13-9+. The van der Waals surface area contributed by atoms with Gasteiger partial charge in [0.15, 0.2) is 9.84 Å². The van der Waals surface area contributed by atoms with Crippen LogP contribution in [0.4, 0.5) is 4.39 Å². The topological polar surface area (TPSA) is 66.5 Å². The Hall–Kier alpha value is -2.51. The molecule has 0 saturated heterocycles. The minimum atomic E-state index is -3.18. The predicted molar refractivity (Wildman–Crippen MR) is 137 cm³/mol. The summed E-state index contributed by atoms with van der Waals surface area (Å²) in [5.41, 5.74) is 2.84. The van der Waals surface area contributed by atoms with Gasteiger partial charge in [0.1, 0.15) is 5.82 Å². The maximum Gasteiger partial charge on any atom is 0.244 e. The number of hydrogen-bond donors (Lipinski definition) is 1. The number of rotatable bonds is 7. The fraction of sp³-hybridized carbons (Fsp3) is 0.464. The minimum Gasteiger partial charge on any atom is -0.350 e. The zero-order chi connectivity index (χ0) is 24.8. The third-order valence-corrected chi connectivity index (χ3v) is 8.48. The molecule has 188 valence electrons. The summed E-state index contributed by atoms with van der Waals surface area (Å²) in [5.74, 6) is 0.170. The lowest BCUT2D eigenvalue weighted by molar-refractivity contribution is -0.117. The van der Waals surface area contributed by atoms with E-state index in [1.807, 2.05) is 12.1 Å². The summed E-state index contributed by atoms with van der Waals surface area (Å²) in [6.07, 6.45) is 11.4. The summed E-state index contributed by atoms with van der Waals surface area (Å²) in [7, 11) is -3.18. The minimum absolute atomic E-state index is 0.167. The molecule has 1 aliphatic heterocycles. The number of sulfone groups is 1. The molecule has 2 aromatic carbocycles. The van der Waals surface area contributed by atoms with Crippen molar-refractivity contribution in [2.45, 2.75) is 55.9 Å². The number of nitrogens with one attached hydrogen (secondary N) is 1. The molecule has 1 N–H and O–H groups in total. The number of amides is 1. The number of carbonyl (C=O) groups is 1. The quantitative estimate of drug-likeness (QED) is 0.575. The van der Waals surface area contributed by atoms with Gasteiger partial charge in [-0.25, -0.2) is 12.8 Å². The fourth-order valence-electron chi connectivity index (χ4n) is 5.19. The van der Waals surface area contributed by atoms with Crippen LogP contribution in [-0.4, -0.2) is 51.2 Å². The molecule has 0 unspecified atom stereocenters. The van der Waals surface area contributed by atoms with E-state index in [-0.39, 0.29) is 17.8 Å². The Morgan fingerprint density at radius 3 is 2.49 bits per heavy atom. The van der Waals surface area contributed by atoms with Gasteiger partial charge in [0.25, 0.3) is 0 Å². The van der Waals surface area contributed by atoms with Crippen molar-refractivity contribution in [3.05, 3.63) is 71.0 Å². The van der Waals surface area contributed by atoms with Crippen LogP contribution in [0, 0.1) is 11.7 Å². The second-order valence-electron chi connectivity index (χ2n) is 9.91. The first-order chi connectivity index (χ1) is 16.8. The third-order valence-electron chi connectivity index (χ3n) is 7.37. The number of benzene rings is 2. The molecule has 1 saturated carbocycles. The highest BCUT2D eigenvalue weighted by molar-refractivity contribution is 7.90. The van der Waals surface area contributed by atoms with Crippen molar-refractivity contribution in [1.82, 2.24) is 10.2 Å². The van der Waals surface area contributed by atoms with Crippen molar-refractivity contribution in [3.8, 4) is 0 Å². The van der Waals surface area contributed by atoms with Gasteiger partial charge in [-0.2, -0.15) is 0 Å². The third kappa shape index (κ3) is 7.24. The first-order valence-corrected chi connectivity index (χ1v) is 14.4. The number of fused-ring (bicyclic) bond motifs is 1. The number of halogens is 1. The summed E-state index contributed by atoms with van der Waals surface area (Å²) >= 11 is 0. The average molecular weight is 499 g/mol. The largest absolute Gasteiger partial charge is 0.350 e. The normalized spacial score (nSPS) is 21.4. The smallest absolute Gasteiger partial charge is 0.244 e. The van der Waals surface area contributed by atoms with Gasteiger partial charge in [0, 0.05) is 37.0 Å². The van der Waals surface area contributed by atoms with E-state index in [4.69, 9.17) is 0 Å². The molecule has 2 aromatic rings. The molecule has 0 spiro atoms. The summed E-state index contributed by atoms with van der Waals surface area (Å²) < 4.78 is 37.5. The van der Waals surface area contributed by atoms with E-state index in [1.54, 1.807) is 24.3 Å². The van der Waals surface area contributed by atoms with Crippen LogP contribution in [0.3, 0.4) is 0 Å². The van der Waals surface area contributed by atoms with Gasteiger partial charge in [0.05, 0.1) is 4.90 Å². The zero-order valence-electron chi connectivity index (χ0n) is 20.4. The Labute approximate surface area is 208 Å². The molecule has 1 amide bonds. The molecule has 1 heterocycles. The highest BCUT2D eigenvalue weighted by Gasteiger charge is 2.23. The van der Waals surface area contributed by atoms with Crippen LogP contribution >= 0.6 is 0 Å². The second-order valence-corrected chi connectivity index (χ2v) is 11.9. The summed E-state index contributed by atoms with van der Waals surface area (Å²) in [4.78, 5) is 15.2. The molecule has 2 aliphatic rings. The van der Waals surface area contributed by atoms with Crippen molar-refractivity contribution in [3.63, 3.8) is 0 Å². The Kier molecular flexibility index (Phi) is 8.39. The van der Waals surface area contributed by atoms with Crippen molar-refractivity contribution >= 4 is 21.8 Å². The molecular formula is C28H35FN2O3S. The van der Waals surface area contributed by atoms with E-state index < -0.39 is 9.84 Å². The summed E-state index contributed by atoms with van der Waals surface area (Å²) in [5, 5.41) is 3.07. The lowest BCUT2D eigenvalue weighted by Gasteiger charge is -2.30. The van der Waals surface area contributed by atoms with Gasteiger partial charge in [-0.1, -0.05) is 24.3 Å². The van der Waals surface area contributed by atoms with Crippen molar-refractivity contribution < 1.29 is 17.6 Å². The summed E-state index contributed by atoms with van der Waals surface area (Å²) in [6.45, 7) is 3.02. The predicted octanol–water partition coefficient (Wildman–Crippen LogP) is 4.41. The molecule has 0 aromatic heterocycles. The molecule has 7 heteroatoms. The maximum atomic E-state index is 13.7. The molecule has 5 nitrogen and oxygen atoms in total. The lowest BCUT2D eigenvalue weighted by atomic mass is 9.84. The maximum absolute atomic E-state index is 13.7. The van der Waals surface area contributed by atoms with E-state index in [1.165, 1.54) is 30.0 Å². The molecule has 0 radical (unpaired) electrons. The van der Waals surface area contributed by atoms with Crippen LogP contribution in [-0.2, 0) is 27.5 Å². The van der Waals surface area contributed by atoms with Crippen molar-refractivity contribution in [1.29, 1.82) is 0 Å². The Morgan fingerprint density at radius 1 is 1.06 bits per heavy atom. The number of nitrogens with zero attached hydrogens (tertiary/aromatic N) is 1. The Balaban J connectivity index is 1.18. The highest BCUT2D eigenvalue weighted by atomic mass is 32.2. The lowest BCUT2D eigenvalue weighted by Crippen LogP contribution is -2.37. The van der Waals surface area contributed by atoms with Gasteiger partial charge in [0.2, 0.25) is 5.91 Å². The SMILES string of the molecule is CS(=O)(=O)c1ccc2c(c1)CCN(CCC1CCC(NC(=O)/C=C/c3ccccc3F)CC1)CC2. The van der Waals surface area contributed by atoms with E-state index in [9.17, 15) is 17.6 Å². The van der Waals surface area contributed by atoms with E-state index in [0.29, 0.717) is 16.4 Å². The van der Waals surface area contributed by atoms with E-state index in [2.05, 4.69) is 10.2 Å². The fourth-order valence-corrected chi connectivity index (χ4v) is 5.86. The van der Waals surface area contributed by atoms with Crippen LogP contribution in [0.15, 0.2) is 53.4 Å². The highest BCUT2D eigenvalue weighted by Crippen LogP contribution is 2.28. The molecule has 0 bridgehead atoms. The van der Waals surface area contributed by atoms with Crippen LogP contribution in [0.25, 0.3) is 6.08 Å². The van der Waals surface area contributed by atoms with Crippen molar-refractivity contribution in [2.24, 2.45) is 5.92 Å². The van der Waals surface area contributed by atoms with Crippen molar-refractivity contribution in [2.75, 3.05) is 25.9 Å². The molecule has 1 fully saturated rings. The molecule has 1 aliphatic carbocycles. The first-order valence-electron chi connectivity index (χ1n) is 12.6. The number of carbonyl (C=O) groups excluding carboxylic acids is 1. The monoisotopic (exact) mass is 498 g/mol. The Bertz CT molecular complexity index is 1170. The Morgan fingerprint density at radius 2 is 1.77 bits per heavy atom. The van der Waals surface area contributed by atoms with Gasteiger partial charge in [-0.15, -0.1) is 0 Å². The summed E-state index contributed by atoms with van der Waals surface area (Å²) in [6, 6.07) is 12.2. The molecular weight excluding hydrogens is 463 g/mol. The average Bonchev–Trinajstić information content (AvgIpc) is 3.04. The number of hydrogen-bond acceptors (Lipinski definition) is 4. The molecule has 0 atom stereocenters. The van der Waals surface area contributed by atoms with Gasteiger partial charge in [-0.3, -0.25) is 4.79 Å². The molecule has 4 rings (SSSR count). The van der Waals surface area contributed by atoms with Crippen LogP contribution in [0.2, 0.25) is 0 Å². The van der Waals surface area contributed by atoms with E-state index >= 15 is 0 Å². The second kappa shape index (κ2) is 11.5.